The van der Waals surface area contributed by atoms with Gasteiger partial charge in [0.2, 0.25) is 5.91 Å². The van der Waals surface area contributed by atoms with E-state index in [1.165, 1.54) is 0 Å². The zero-order valence-electron chi connectivity index (χ0n) is 14.8. The van der Waals surface area contributed by atoms with Crippen LogP contribution in [0.4, 0.5) is 0 Å². The Morgan fingerprint density at radius 2 is 1.88 bits per heavy atom. The summed E-state index contributed by atoms with van der Waals surface area (Å²) in [4.78, 5) is 14.9. The second-order valence-electron chi connectivity index (χ2n) is 6.80. The van der Waals surface area contributed by atoms with Crippen molar-refractivity contribution in [3.05, 3.63) is 53.4 Å². The van der Waals surface area contributed by atoms with Crippen molar-refractivity contribution in [1.29, 1.82) is 0 Å². The van der Waals surface area contributed by atoms with Crippen LogP contribution in [0.5, 0.6) is 0 Å². The predicted octanol–water partition coefficient (Wildman–Crippen LogP) is 2.90. The molecule has 3 rings (SSSR count). The van der Waals surface area contributed by atoms with Crippen LogP contribution in [0.15, 0.2) is 52.1 Å². The van der Waals surface area contributed by atoms with Gasteiger partial charge in [0.05, 0.1) is 0 Å². The molecule has 1 atom stereocenters. The van der Waals surface area contributed by atoms with Crippen molar-refractivity contribution in [3.63, 3.8) is 0 Å². The van der Waals surface area contributed by atoms with E-state index in [0.717, 1.165) is 29.7 Å². The third-order valence-electron chi connectivity index (χ3n) is 4.73. The molecule has 1 N–H and O–H groups in total. The highest BCUT2D eigenvalue weighted by Gasteiger charge is 2.31. The minimum Gasteiger partial charge on any atom is -0.341 e. The molecule has 2 heterocycles. The van der Waals surface area contributed by atoms with Gasteiger partial charge in [-0.05, 0) is 42.2 Å². The van der Waals surface area contributed by atoms with Gasteiger partial charge in [0, 0.05) is 13.1 Å². The summed E-state index contributed by atoms with van der Waals surface area (Å²) in [6.07, 6.45) is 2.26. The van der Waals surface area contributed by atoms with Gasteiger partial charge in [-0.25, -0.2) is 8.42 Å². The first-order chi connectivity index (χ1) is 12.5. The molecule has 140 valence electrons. The highest BCUT2D eigenvalue weighted by atomic mass is 32.2. The van der Waals surface area contributed by atoms with Gasteiger partial charge in [-0.3, -0.25) is 4.79 Å². The summed E-state index contributed by atoms with van der Waals surface area (Å²) in [7, 11) is -3.71. The highest BCUT2D eigenvalue weighted by molar-refractivity contribution is 7.91. The van der Waals surface area contributed by atoms with Gasteiger partial charge >= 0.3 is 0 Å². The second-order valence-corrected chi connectivity index (χ2v) is 9.69. The lowest BCUT2D eigenvalue weighted by molar-refractivity contribution is -0.134. The molecule has 0 aliphatic carbocycles. The summed E-state index contributed by atoms with van der Waals surface area (Å²) in [6.45, 7) is 3.56. The standard InChI is InChI=1S/C19H24N2O3S2/c1-15-9-11-21(12-10-15)19(22)17(14-16-6-3-2-4-7-16)20-26(23,24)18-8-5-13-25-18/h2-8,13,15,17,20H,9-12,14H2,1H3. The average Bonchev–Trinajstić information content (AvgIpc) is 3.18. The summed E-state index contributed by atoms with van der Waals surface area (Å²) >= 11 is 1.15. The van der Waals surface area contributed by atoms with Crippen LogP contribution in [0.1, 0.15) is 25.3 Å². The molecule has 1 aromatic carbocycles. The number of carbonyl (C=O) groups is 1. The number of piperidine rings is 1. The fourth-order valence-corrected chi connectivity index (χ4v) is 5.34. The van der Waals surface area contributed by atoms with E-state index >= 15 is 0 Å². The fourth-order valence-electron chi connectivity index (χ4n) is 3.14. The maximum atomic E-state index is 13.1. The van der Waals surface area contributed by atoms with Gasteiger partial charge in [-0.2, -0.15) is 4.72 Å². The van der Waals surface area contributed by atoms with Crippen LogP contribution in [-0.2, 0) is 21.2 Å². The molecular formula is C19H24N2O3S2. The Bertz CT molecular complexity index is 812. The maximum absolute atomic E-state index is 13.1. The van der Waals surface area contributed by atoms with E-state index in [0.29, 0.717) is 25.4 Å². The van der Waals surface area contributed by atoms with E-state index in [9.17, 15) is 13.2 Å². The summed E-state index contributed by atoms with van der Waals surface area (Å²) in [5.74, 6) is 0.468. The molecule has 0 saturated carbocycles. The van der Waals surface area contributed by atoms with E-state index < -0.39 is 16.1 Å². The Hall–Kier alpha value is -1.70. The van der Waals surface area contributed by atoms with Crippen molar-refractivity contribution in [2.75, 3.05) is 13.1 Å². The lowest BCUT2D eigenvalue weighted by Crippen LogP contribution is -2.51. The van der Waals surface area contributed by atoms with Crippen LogP contribution in [0, 0.1) is 5.92 Å². The number of carbonyl (C=O) groups excluding carboxylic acids is 1. The van der Waals surface area contributed by atoms with Gasteiger partial charge in [-0.15, -0.1) is 11.3 Å². The number of thiophene rings is 1. The number of likely N-dealkylation sites (tertiary alicyclic amines) is 1. The third-order valence-corrected chi connectivity index (χ3v) is 7.60. The molecule has 0 radical (unpaired) electrons. The van der Waals surface area contributed by atoms with Gasteiger partial charge in [0.15, 0.2) is 0 Å². The summed E-state index contributed by atoms with van der Waals surface area (Å²) in [6, 6.07) is 12.0. The minimum absolute atomic E-state index is 0.138. The van der Waals surface area contributed by atoms with E-state index in [1.807, 2.05) is 30.3 Å². The number of nitrogens with zero attached hydrogens (tertiary/aromatic N) is 1. The number of rotatable bonds is 6. The minimum atomic E-state index is -3.71. The second kappa shape index (κ2) is 8.33. The zero-order valence-corrected chi connectivity index (χ0v) is 16.4. The fraction of sp³-hybridized carbons (Fsp3) is 0.421. The topological polar surface area (TPSA) is 66.5 Å². The number of hydrogen-bond donors (Lipinski definition) is 1. The van der Waals surface area contributed by atoms with Crippen LogP contribution >= 0.6 is 11.3 Å². The summed E-state index contributed by atoms with van der Waals surface area (Å²) < 4.78 is 28.2. The van der Waals surface area contributed by atoms with Crippen LogP contribution < -0.4 is 4.72 Å². The van der Waals surface area contributed by atoms with Crippen molar-refractivity contribution in [1.82, 2.24) is 9.62 Å². The lowest BCUT2D eigenvalue weighted by Gasteiger charge is -2.33. The first-order valence-electron chi connectivity index (χ1n) is 8.84. The highest BCUT2D eigenvalue weighted by Crippen LogP contribution is 2.20. The first kappa shape index (κ1) is 19.1. The quantitative estimate of drug-likeness (QED) is 0.822. The van der Waals surface area contributed by atoms with E-state index in [4.69, 9.17) is 0 Å². The lowest BCUT2D eigenvalue weighted by atomic mass is 9.98. The molecule has 1 aliphatic rings. The van der Waals surface area contributed by atoms with Crippen LogP contribution in [-0.4, -0.2) is 38.4 Å². The Morgan fingerprint density at radius 3 is 2.50 bits per heavy atom. The Kier molecular flexibility index (Phi) is 6.11. The molecule has 2 aromatic rings. The SMILES string of the molecule is CC1CCN(C(=O)C(Cc2ccccc2)NS(=O)(=O)c2cccs2)CC1. The van der Waals surface area contributed by atoms with Crippen LogP contribution in [0.25, 0.3) is 0 Å². The van der Waals surface area contributed by atoms with E-state index in [1.54, 1.807) is 22.4 Å². The molecule has 1 unspecified atom stereocenters. The Balaban J connectivity index is 1.80. The third kappa shape index (κ3) is 4.72. The van der Waals surface area contributed by atoms with Gasteiger partial charge in [0.25, 0.3) is 10.0 Å². The molecule has 1 saturated heterocycles. The number of amides is 1. The van der Waals surface area contributed by atoms with Crippen molar-refractivity contribution in [3.8, 4) is 0 Å². The van der Waals surface area contributed by atoms with E-state index in [2.05, 4.69) is 11.6 Å². The maximum Gasteiger partial charge on any atom is 0.250 e. The van der Waals surface area contributed by atoms with Crippen LogP contribution in [0.3, 0.4) is 0 Å². The largest absolute Gasteiger partial charge is 0.341 e. The number of sulfonamides is 1. The monoisotopic (exact) mass is 392 g/mol. The number of benzene rings is 1. The van der Waals surface area contributed by atoms with E-state index in [-0.39, 0.29) is 10.1 Å². The van der Waals surface area contributed by atoms with Crippen molar-refractivity contribution in [2.45, 2.75) is 36.4 Å². The molecule has 1 amide bonds. The Labute approximate surface area is 159 Å². The molecule has 7 heteroatoms. The van der Waals surface area contributed by atoms with Crippen molar-refractivity contribution < 1.29 is 13.2 Å². The Morgan fingerprint density at radius 1 is 1.19 bits per heavy atom. The van der Waals surface area contributed by atoms with Gasteiger partial charge < -0.3 is 4.90 Å². The van der Waals surface area contributed by atoms with Crippen molar-refractivity contribution in [2.24, 2.45) is 5.92 Å². The first-order valence-corrected chi connectivity index (χ1v) is 11.2. The molecule has 26 heavy (non-hydrogen) atoms. The van der Waals surface area contributed by atoms with Gasteiger partial charge in [-0.1, -0.05) is 43.3 Å². The molecule has 1 aliphatic heterocycles. The number of hydrogen-bond acceptors (Lipinski definition) is 4. The molecule has 0 bridgehead atoms. The summed E-state index contributed by atoms with van der Waals surface area (Å²) in [5, 5.41) is 1.72. The summed E-state index contributed by atoms with van der Waals surface area (Å²) in [5.41, 5.74) is 0.935. The average molecular weight is 393 g/mol. The van der Waals surface area contributed by atoms with Gasteiger partial charge in [0.1, 0.15) is 10.3 Å². The number of nitrogens with one attached hydrogen (secondary N) is 1. The normalized spacial score (nSPS) is 17.2. The molecule has 5 nitrogen and oxygen atoms in total. The predicted molar refractivity (Wildman–Crippen MR) is 104 cm³/mol. The molecular weight excluding hydrogens is 368 g/mol. The zero-order chi connectivity index (χ0) is 18.6. The molecule has 1 aromatic heterocycles. The van der Waals surface area contributed by atoms with Crippen LogP contribution in [0.2, 0.25) is 0 Å². The smallest absolute Gasteiger partial charge is 0.250 e. The molecule has 0 spiro atoms. The molecule has 1 fully saturated rings. The van der Waals surface area contributed by atoms with Crippen molar-refractivity contribution >= 4 is 27.3 Å².